The van der Waals surface area contributed by atoms with Crippen molar-refractivity contribution in [3.05, 3.63) is 11.3 Å². The van der Waals surface area contributed by atoms with Crippen molar-refractivity contribution in [1.82, 2.24) is 20.1 Å². The lowest BCUT2D eigenvalue weighted by atomic mass is 10.0. The van der Waals surface area contributed by atoms with Crippen LogP contribution in [-0.4, -0.2) is 80.4 Å². The number of thioether (sulfide) groups is 1. The van der Waals surface area contributed by atoms with Crippen molar-refractivity contribution in [1.29, 1.82) is 5.41 Å². The van der Waals surface area contributed by atoms with E-state index in [0.29, 0.717) is 11.3 Å². The van der Waals surface area contributed by atoms with Gasteiger partial charge in [-0.15, -0.1) is 23.4 Å². The van der Waals surface area contributed by atoms with Crippen molar-refractivity contribution in [3.63, 3.8) is 0 Å². The Morgan fingerprint density at radius 3 is 2.85 bits per heavy atom. The molecule has 0 aliphatic carbocycles. The number of nitrogens with one attached hydrogen (secondary N) is 3. The number of amides is 2. The van der Waals surface area contributed by atoms with E-state index in [1.165, 1.54) is 23.9 Å². The fourth-order valence-corrected chi connectivity index (χ4v) is 4.97. The monoisotopic (exact) mass is 434 g/mol. The summed E-state index contributed by atoms with van der Waals surface area (Å²) in [4.78, 5) is 45.1. The fraction of sp³-hybridized carbons (Fsp3) is 0.462. The van der Waals surface area contributed by atoms with Crippen LogP contribution in [0.25, 0.3) is 0 Å². The number of nitrogens with zero attached hydrogens (tertiary/aromatic N) is 3. The zero-order valence-electron chi connectivity index (χ0n) is 13.9. The standard InChI is InChI=1S/C13H15ClN6O5S2/c1-25-17-9(19-3-6(15)27-18-19)10(21)16-7-11(22)20-8(13(23)24)5(2-14)4-26-12(7)20/h7,12,15,18H,2-4H2,1H3,(H,16,21)(H,23,24)/t7?,12-/m0/s1. The molecular formula is C13H15ClN6O5S2. The van der Waals surface area contributed by atoms with Crippen LogP contribution in [0.2, 0.25) is 0 Å². The Morgan fingerprint density at radius 1 is 1.56 bits per heavy atom. The topological polar surface area (TPSA) is 147 Å². The maximum Gasteiger partial charge on any atom is 0.352 e. The van der Waals surface area contributed by atoms with Crippen LogP contribution in [0.3, 0.4) is 0 Å². The molecule has 2 fully saturated rings. The molecule has 27 heavy (non-hydrogen) atoms. The summed E-state index contributed by atoms with van der Waals surface area (Å²) in [6, 6.07) is -0.898. The molecule has 3 aliphatic rings. The third-order valence-corrected chi connectivity index (χ3v) is 6.26. The van der Waals surface area contributed by atoms with Crippen LogP contribution in [0, 0.1) is 5.41 Å². The van der Waals surface area contributed by atoms with E-state index in [2.05, 4.69) is 20.1 Å². The predicted molar refractivity (Wildman–Crippen MR) is 100 cm³/mol. The van der Waals surface area contributed by atoms with E-state index in [0.717, 1.165) is 16.8 Å². The number of halogens is 1. The molecule has 0 spiro atoms. The first-order chi connectivity index (χ1) is 12.9. The largest absolute Gasteiger partial charge is 0.477 e. The molecule has 0 radical (unpaired) electrons. The number of β-lactam (4-membered cyclic amide) rings is 1. The first-order valence-corrected chi connectivity index (χ1v) is 9.94. The second kappa shape index (κ2) is 7.96. The van der Waals surface area contributed by atoms with E-state index in [4.69, 9.17) is 17.0 Å². The summed E-state index contributed by atoms with van der Waals surface area (Å²) in [7, 11) is 1.27. The van der Waals surface area contributed by atoms with Crippen molar-refractivity contribution in [2.75, 3.05) is 25.3 Å². The Bertz CT molecular complexity index is 774. The zero-order chi connectivity index (χ0) is 19.7. The maximum atomic E-state index is 12.6. The fourth-order valence-electron chi connectivity index (χ4n) is 2.73. The minimum atomic E-state index is -1.23. The smallest absolute Gasteiger partial charge is 0.352 e. The Balaban J connectivity index is 1.74. The second-order valence-electron chi connectivity index (χ2n) is 5.55. The summed E-state index contributed by atoms with van der Waals surface area (Å²) in [6.07, 6.45) is 0. The summed E-state index contributed by atoms with van der Waals surface area (Å²) >= 11 is 8.13. The van der Waals surface area contributed by atoms with Gasteiger partial charge in [-0.1, -0.05) is 5.16 Å². The van der Waals surface area contributed by atoms with Crippen molar-refractivity contribution < 1.29 is 24.3 Å². The lowest BCUT2D eigenvalue weighted by molar-refractivity contribution is -0.150. The number of fused-ring (bicyclic) bond motifs is 1. The van der Waals surface area contributed by atoms with Crippen molar-refractivity contribution >= 4 is 64.0 Å². The number of hydrogen-bond acceptors (Lipinski definition) is 9. The van der Waals surface area contributed by atoms with Crippen LogP contribution in [-0.2, 0) is 19.2 Å². The van der Waals surface area contributed by atoms with Gasteiger partial charge in [0, 0.05) is 11.6 Å². The van der Waals surface area contributed by atoms with E-state index in [1.54, 1.807) is 0 Å². The highest BCUT2D eigenvalue weighted by molar-refractivity contribution is 8.12. The quantitative estimate of drug-likeness (QED) is 0.113. The zero-order valence-corrected chi connectivity index (χ0v) is 16.3. The molecule has 3 rings (SSSR count). The molecule has 14 heteroatoms. The molecule has 0 bridgehead atoms. The van der Waals surface area contributed by atoms with Gasteiger partial charge in [-0.05, 0) is 17.5 Å². The molecular weight excluding hydrogens is 420 g/mol. The lowest BCUT2D eigenvalue weighted by Gasteiger charge is -2.49. The molecule has 2 amide bonds. The number of carboxylic acid groups (broad SMARTS) is 1. The molecule has 3 heterocycles. The summed E-state index contributed by atoms with van der Waals surface area (Å²) in [5.74, 6) is -2.22. The molecule has 146 valence electrons. The number of carboxylic acids is 1. The molecule has 1 unspecified atom stereocenters. The Labute approximate surface area is 167 Å². The van der Waals surface area contributed by atoms with Crippen LogP contribution in [0.5, 0.6) is 0 Å². The lowest BCUT2D eigenvalue weighted by Crippen LogP contribution is -2.71. The van der Waals surface area contributed by atoms with Crippen molar-refractivity contribution in [2.24, 2.45) is 5.16 Å². The molecule has 0 aromatic rings. The van der Waals surface area contributed by atoms with E-state index < -0.39 is 29.2 Å². The molecule has 2 atom stereocenters. The third-order valence-electron chi connectivity index (χ3n) is 3.91. The second-order valence-corrected chi connectivity index (χ2v) is 7.80. The van der Waals surface area contributed by atoms with Gasteiger partial charge in [0.25, 0.3) is 11.8 Å². The van der Waals surface area contributed by atoms with Gasteiger partial charge in [0.2, 0.25) is 5.84 Å². The third kappa shape index (κ3) is 3.59. The summed E-state index contributed by atoms with van der Waals surface area (Å²) in [6.45, 7) is 0.119. The number of hydrazine groups is 1. The molecule has 4 N–H and O–H groups in total. The number of hydrogen-bond donors (Lipinski definition) is 4. The molecule has 0 aromatic heterocycles. The van der Waals surface area contributed by atoms with Gasteiger partial charge >= 0.3 is 5.97 Å². The first kappa shape index (κ1) is 19.8. The first-order valence-electron chi connectivity index (χ1n) is 7.54. The highest BCUT2D eigenvalue weighted by Crippen LogP contribution is 2.40. The van der Waals surface area contributed by atoms with Gasteiger partial charge in [0.05, 0.1) is 6.54 Å². The SMILES string of the molecule is CON=C(C(=O)NC1C(=O)N2C(C(=O)O)=C(CCl)CS[C@@H]12)N1CC(=N)SN1. The van der Waals surface area contributed by atoms with Gasteiger partial charge in [-0.25, -0.2) is 4.79 Å². The predicted octanol–water partition coefficient (Wildman–Crippen LogP) is -0.631. The van der Waals surface area contributed by atoms with E-state index in [1.807, 2.05) is 0 Å². The Kier molecular flexibility index (Phi) is 5.83. The number of oxime groups is 1. The number of carbonyl (C=O) groups is 3. The molecule has 2 saturated heterocycles. The molecule has 3 aliphatic heterocycles. The van der Waals surface area contributed by atoms with Crippen LogP contribution in [0.15, 0.2) is 16.4 Å². The summed E-state index contributed by atoms with van der Waals surface area (Å²) in [5.41, 5.74) is 0.336. The highest BCUT2D eigenvalue weighted by Gasteiger charge is 2.54. The van der Waals surface area contributed by atoms with Gasteiger partial charge in [-0.3, -0.25) is 24.9 Å². The number of amidine groups is 1. The maximum absolute atomic E-state index is 12.6. The Hall–Kier alpha value is -1.96. The highest BCUT2D eigenvalue weighted by atomic mass is 35.5. The van der Waals surface area contributed by atoms with E-state index in [-0.39, 0.29) is 29.0 Å². The van der Waals surface area contributed by atoms with Crippen LogP contribution < -0.4 is 10.1 Å². The minimum Gasteiger partial charge on any atom is -0.477 e. The Morgan fingerprint density at radius 2 is 2.30 bits per heavy atom. The van der Waals surface area contributed by atoms with Gasteiger partial charge in [0.1, 0.15) is 29.3 Å². The van der Waals surface area contributed by atoms with Crippen LogP contribution in [0.1, 0.15) is 0 Å². The van der Waals surface area contributed by atoms with Crippen molar-refractivity contribution in [2.45, 2.75) is 11.4 Å². The van der Waals surface area contributed by atoms with Gasteiger partial charge in [0.15, 0.2) is 0 Å². The van der Waals surface area contributed by atoms with Crippen LogP contribution >= 0.6 is 35.3 Å². The van der Waals surface area contributed by atoms with Crippen LogP contribution in [0.4, 0.5) is 0 Å². The normalized spacial score (nSPS) is 25.3. The van der Waals surface area contributed by atoms with Crippen molar-refractivity contribution in [3.8, 4) is 0 Å². The summed E-state index contributed by atoms with van der Waals surface area (Å²) in [5, 5.41) is 24.3. The molecule has 0 aromatic carbocycles. The van der Waals surface area contributed by atoms with E-state index >= 15 is 0 Å². The number of aliphatic carboxylic acids is 1. The number of alkyl halides is 1. The molecule has 0 saturated carbocycles. The number of rotatable bonds is 4. The average molecular weight is 435 g/mol. The number of carbonyl (C=O) groups excluding carboxylic acids is 2. The average Bonchev–Trinajstić information content (AvgIpc) is 3.08. The molecule has 11 nitrogen and oxygen atoms in total. The van der Waals surface area contributed by atoms with Gasteiger partial charge in [-0.2, -0.15) is 4.83 Å². The van der Waals surface area contributed by atoms with E-state index in [9.17, 15) is 19.5 Å². The van der Waals surface area contributed by atoms with Gasteiger partial charge < -0.3 is 15.3 Å². The summed E-state index contributed by atoms with van der Waals surface area (Å²) < 4.78 is 0. The minimum absolute atomic E-state index is 0.0110.